The second kappa shape index (κ2) is 8.82. The molecule has 0 aliphatic heterocycles. The smallest absolute Gasteiger partial charge is 0.323 e. The molecule has 3 heterocycles. The van der Waals surface area contributed by atoms with Gasteiger partial charge in [-0.05, 0) is 29.8 Å². The lowest BCUT2D eigenvalue weighted by atomic mass is 10.2. The summed E-state index contributed by atoms with van der Waals surface area (Å²) in [5.41, 5.74) is -1.54. The van der Waals surface area contributed by atoms with Crippen molar-refractivity contribution in [2.75, 3.05) is 0 Å². The van der Waals surface area contributed by atoms with Crippen molar-refractivity contribution in [2.24, 2.45) is 0 Å². The Balaban J connectivity index is 1.73. The Morgan fingerprint density at radius 2 is 1.91 bits per heavy atom. The number of nitro benzene ring substituents is 1. The van der Waals surface area contributed by atoms with Crippen LogP contribution in [0, 0.1) is 10.1 Å². The van der Waals surface area contributed by atoms with Crippen molar-refractivity contribution < 1.29 is 19.6 Å². The number of hydrogen-bond acceptors (Lipinski definition) is 7. The number of H-pyrrole nitrogens is 1. The van der Waals surface area contributed by atoms with E-state index in [4.69, 9.17) is 5.11 Å². The highest BCUT2D eigenvalue weighted by molar-refractivity contribution is 5.93. The number of aromatic nitrogens is 4. The predicted octanol–water partition coefficient (Wildman–Crippen LogP) is 0.798. The molecule has 0 saturated carbocycles. The highest BCUT2D eigenvalue weighted by Crippen LogP contribution is 2.28. The van der Waals surface area contributed by atoms with Gasteiger partial charge < -0.3 is 20.0 Å². The molecule has 0 aliphatic carbocycles. The number of hydrogen-bond donors (Lipinski definition) is 3. The first kappa shape index (κ1) is 22.1. The van der Waals surface area contributed by atoms with E-state index in [1.165, 1.54) is 29.2 Å². The lowest BCUT2D eigenvalue weighted by Gasteiger charge is -2.11. The molecule has 0 atom stereocenters. The maximum Gasteiger partial charge on any atom is 0.323 e. The molecule has 34 heavy (non-hydrogen) atoms. The molecule has 1 aromatic carbocycles. The zero-order valence-electron chi connectivity index (χ0n) is 17.3. The second-order valence-electron chi connectivity index (χ2n) is 7.20. The Kier molecular flexibility index (Phi) is 5.74. The third-order valence-corrected chi connectivity index (χ3v) is 4.99. The lowest BCUT2D eigenvalue weighted by molar-refractivity contribution is -0.384. The third kappa shape index (κ3) is 4.29. The van der Waals surface area contributed by atoms with Crippen LogP contribution in [0.15, 0.2) is 64.7 Å². The molecule has 0 saturated heterocycles. The van der Waals surface area contributed by atoms with Gasteiger partial charge in [-0.3, -0.25) is 38.8 Å². The Bertz CT molecular complexity index is 1550. The molecule has 0 aliphatic rings. The number of fused-ring (bicyclic) bond motifs is 1. The Morgan fingerprint density at radius 1 is 1.18 bits per heavy atom. The van der Waals surface area contributed by atoms with E-state index in [1.54, 1.807) is 24.4 Å². The minimum atomic E-state index is -1.36. The molecule has 0 bridgehead atoms. The van der Waals surface area contributed by atoms with E-state index in [-0.39, 0.29) is 34.9 Å². The summed E-state index contributed by atoms with van der Waals surface area (Å²) in [6.45, 7) is -0.666. The van der Waals surface area contributed by atoms with Gasteiger partial charge in [0.2, 0.25) is 0 Å². The number of benzene rings is 1. The van der Waals surface area contributed by atoms with Gasteiger partial charge in [-0.2, -0.15) is 0 Å². The van der Waals surface area contributed by atoms with Crippen molar-refractivity contribution in [1.82, 2.24) is 24.4 Å². The quantitative estimate of drug-likeness (QED) is 0.204. The molecule has 4 rings (SSSR count). The van der Waals surface area contributed by atoms with Gasteiger partial charge in [-0.25, -0.2) is 0 Å². The number of aliphatic carboxylic acids is 1. The average Bonchev–Trinajstić information content (AvgIpc) is 3.29. The molecule has 1 amide bonds. The number of amides is 1. The van der Waals surface area contributed by atoms with Gasteiger partial charge in [0.25, 0.3) is 11.6 Å². The molecule has 13 heteroatoms. The minimum Gasteiger partial charge on any atom is -0.480 e. The molecular weight excluding hydrogens is 448 g/mol. The van der Waals surface area contributed by atoms with Gasteiger partial charge in [0.05, 0.1) is 16.0 Å². The molecule has 0 unspecified atom stereocenters. The Hall–Kier alpha value is -5.07. The second-order valence-corrected chi connectivity index (χ2v) is 7.20. The molecule has 0 fully saturated rings. The maximum absolute atomic E-state index is 12.2. The number of carboxylic acids is 1. The van der Waals surface area contributed by atoms with Crippen LogP contribution in [0.25, 0.3) is 16.7 Å². The van der Waals surface area contributed by atoms with E-state index in [9.17, 15) is 29.3 Å². The first-order valence-corrected chi connectivity index (χ1v) is 9.77. The van der Waals surface area contributed by atoms with Crippen molar-refractivity contribution in [3.05, 3.63) is 97.1 Å². The number of carbonyl (C=O) groups excluding carboxylic acids is 1. The number of carboxylic acid groups (broad SMARTS) is 1. The van der Waals surface area contributed by atoms with E-state index in [1.807, 2.05) is 0 Å². The summed E-state index contributed by atoms with van der Waals surface area (Å²) in [6.07, 6.45) is 6.04. The van der Waals surface area contributed by atoms with Gasteiger partial charge in [-0.15, -0.1) is 0 Å². The average molecular weight is 464 g/mol. The zero-order valence-corrected chi connectivity index (χ0v) is 17.3. The fourth-order valence-electron chi connectivity index (χ4n) is 3.43. The number of nitro groups is 1. The standard InChI is InChI=1S/C21H16N6O7/c28-18(29)11-26-15-8-16(17(27(33)34)7-14(15)24-20(31)21(26)32)25-6-3-12(10-25)9-23-19(30)13-1-4-22-5-2-13/h1-8,10H,9,11H2,(H,23,30)(H,24,31)(H,28,29). The van der Waals surface area contributed by atoms with Crippen molar-refractivity contribution in [1.29, 1.82) is 0 Å². The van der Waals surface area contributed by atoms with Crippen molar-refractivity contribution in [3.8, 4) is 5.69 Å². The Morgan fingerprint density at radius 3 is 2.59 bits per heavy atom. The first-order valence-electron chi connectivity index (χ1n) is 9.77. The van der Waals surface area contributed by atoms with Gasteiger partial charge in [-0.1, -0.05) is 0 Å². The number of nitrogens with one attached hydrogen (secondary N) is 2. The number of pyridine rings is 1. The van der Waals surface area contributed by atoms with Crippen LogP contribution in [-0.4, -0.2) is 41.0 Å². The summed E-state index contributed by atoms with van der Waals surface area (Å²) in [7, 11) is 0. The SMILES string of the molecule is O=C(O)Cn1c(=O)c(=O)[nH]c2cc([N+](=O)[O-])c(-n3ccc(CNC(=O)c4ccncc4)c3)cc21. The third-order valence-electron chi connectivity index (χ3n) is 4.99. The molecule has 0 radical (unpaired) electrons. The summed E-state index contributed by atoms with van der Waals surface area (Å²) in [4.78, 5) is 64.7. The van der Waals surface area contributed by atoms with Gasteiger partial charge in [0, 0.05) is 43.0 Å². The van der Waals surface area contributed by atoms with E-state index in [0.717, 1.165) is 10.6 Å². The van der Waals surface area contributed by atoms with Crippen LogP contribution in [0.1, 0.15) is 15.9 Å². The number of carbonyl (C=O) groups is 2. The van der Waals surface area contributed by atoms with E-state index >= 15 is 0 Å². The minimum absolute atomic E-state index is 0.00819. The number of rotatable bonds is 7. The van der Waals surface area contributed by atoms with Crippen LogP contribution < -0.4 is 16.4 Å². The molecular formula is C21H16N6O7. The van der Waals surface area contributed by atoms with E-state index < -0.39 is 28.6 Å². The van der Waals surface area contributed by atoms with Crippen LogP contribution in [0.4, 0.5) is 5.69 Å². The lowest BCUT2D eigenvalue weighted by Crippen LogP contribution is -2.37. The van der Waals surface area contributed by atoms with Crippen LogP contribution >= 0.6 is 0 Å². The normalized spacial score (nSPS) is 10.8. The summed E-state index contributed by atoms with van der Waals surface area (Å²) in [5.74, 6) is -1.68. The fourth-order valence-corrected chi connectivity index (χ4v) is 3.43. The van der Waals surface area contributed by atoms with Gasteiger partial charge in [0.1, 0.15) is 12.2 Å². The number of nitrogens with zero attached hydrogens (tertiary/aromatic N) is 4. The van der Waals surface area contributed by atoms with Gasteiger partial charge >= 0.3 is 17.1 Å². The zero-order chi connectivity index (χ0) is 24.4. The molecule has 13 nitrogen and oxygen atoms in total. The monoisotopic (exact) mass is 464 g/mol. The van der Waals surface area contributed by atoms with Crippen LogP contribution in [-0.2, 0) is 17.9 Å². The fraction of sp³-hybridized carbons (Fsp3) is 0.0952. The largest absolute Gasteiger partial charge is 0.480 e. The van der Waals surface area contributed by atoms with Crippen molar-refractivity contribution in [3.63, 3.8) is 0 Å². The summed E-state index contributed by atoms with van der Waals surface area (Å²) in [6, 6.07) is 7.07. The maximum atomic E-state index is 12.2. The van der Waals surface area contributed by atoms with Crippen molar-refractivity contribution >= 4 is 28.6 Å². The molecule has 172 valence electrons. The summed E-state index contributed by atoms with van der Waals surface area (Å²) >= 11 is 0. The topological polar surface area (TPSA) is 182 Å². The summed E-state index contributed by atoms with van der Waals surface area (Å²) in [5, 5.41) is 23.6. The van der Waals surface area contributed by atoms with E-state index in [0.29, 0.717) is 11.1 Å². The molecule has 0 spiro atoms. The van der Waals surface area contributed by atoms with E-state index in [2.05, 4.69) is 15.3 Å². The molecule has 4 aromatic rings. The Labute approximate surface area is 189 Å². The van der Waals surface area contributed by atoms with Crippen molar-refractivity contribution in [2.45, 2.75) is 13.1 Å². The number of aromatic amines is 1. The summed E-state index contributed by atoms with van der Waals surface area (Å²) < 4.78 is 2.15. The van der Waals surface area contributed by atoms with Crippen LogP contribution in [0.3, 0.4) is 0 Å². The highest BCUT2D eigenvalue weighted by atomic mass is 16.6. The first-order chi connectivity index (χ1) is 16.2. The van der Waals surface area contributed by atoms with Crippen LogP contribution in [0.2, 0.25) is 0 Å². The molecule has 3 aromatic heterocycles. The molecule has 3 N–H and O–H groups in total. The highest BCUT2D eigenvalue weighted by Gasteiger charge is 2.21. The predicted molar refractivity (Wildman–Crippen MR) is 118 cm³/mol. The van der Waals surface area contributed by atoms with Crippen LogP contribution in [0.5, 0.6) is 0 Å². The van der Waals surface area contributed by atoms with Gasteiger partial charge in [0.15, 0.2) is 0 Å².